The topological polar surface area (TPSA) is 20.3 Å². The third-order valence-corrected chi connectivity index (χ3v) is 6.97. The van der Waals surface area contributed by atoms with E-state index in [0.717, 1.165) is 50.1 Å². The van der Waals surface area contributed by atoms with Crippen LogP contribution in [0.15, 0.2) is 109 Å². The summed E-state index contributed by atoms with van der Waals surface area (Å²) < 4.78 is 0. The second kappa shape index (κ2) is 7.95. The summed E-state index contributed by atoms with van der Waals surface area (Å²) in [6.07, 6.45) is 0. The first-order chi connectivity index (χ1) is 16.9. The Morgan fingerprint density at radius 1 is 0.543 bits per heavy atom. The van der Waals surface area contributed by atoms with Crippen LogP contribution in [0.4, 0.5) is 17.1 Å². The van der Waals surface area contributed by atoms with Crippen LogP contribution >= 0.6 is 0 Å². The molecule has 0 saturated heterocycles. The van der Waals surface area contributed by atoms with Crippen LogP contribution in [0, 0.1) is 0 Å². The van der Waals surface area contributed by atoms with Gasteiger partial charge in [-0.05, 0) is 52.4 Å². The lowest BCUT2D eigenvalue weighted by atomic mass is 9.82. The summed E-state index contributed by atoms with van der Waals surface area (Å²) in [4.78, 5) is 15.7. The summed E-state index contributed by atoms with van der Waals surface area (Å²) in [6, 6.07) is 37.7. The fourth-order valence-corrected chi connectivity index (χ4v) is 5.18. The average Bonchev–Trinajstić information content (AvgIpc) is 2.88. The van der Waals surface area contributed by atoms with E-state index in [9.17, 15) is 4.79 Å². The zero-order valence-electron chi connectivity index (χ0n) is 20.2. The van der Waals surface area contributed by atoms with E-state index in [2.05, 4.69) is 98.5 Å². The Balaban J connectivity index is 1.62. The highest BCUT2D eigenvalue weighted by Crippen LogP contribution is 2.46. The second-order valence-corrected chi connectivity index (χ2v) is 10.2. The lowest BCUT2D eigenvalue weighted by Gasteiger charge is -2.29. The molecule has 170 valence electrons. The van der Waals surface area contributed by atoms with E-state index < -0.39 is 0 Å². The molecule has 1 aliphatic rings. The largest absolute Gasteiger partial charge is 0.310 e. The van der Waals surface area contributed by atoms with Crippen molar-refractivity contribution in [1.82, 2.24) is 0 Å². The van der Waals surface area contributed by atoms with Gasteiger partial charge >= 0.3 is 0 Å². The van der Waals surface area contributed by atoms with Crippen LogP contribution in [0.2, 0.25) is 0 Å². The highest BCUT2D eigenvalue weighted by Gasteiger charge is 2.27. The number of nitrogens with zero attached hydrogens (tertiary/aromatic N) is 1. The molecule has 2 nitrogen and oxygen atoms in total. The van der Waals surface area contributed by atoms with E-state index in [-0.39, 0.29) is 11.2 Å². The third-order valence-electron chi connectivity index (χ3n) is 6.97. The van der Waals surface area contributed by atoms with Crippen LogP contribution in [0.1, 0.15) is 42.3 Å². The quantitative estimate of drug-likeness (QED) is 0.267. The predicted molar refractivity (Wildman–Crippen MR) is 146 cm³/mol. The molecular formula is C33H27NO. The van der Waals surface area contributed by atoms with E-state index in [1.807, 2.05) is 36.4 Å². The highest BCUT2D eigenvalue weighted by atomic mass is 16.1. The Morgan fingerprint density at radius 2 is 1.17 bits per heavy atom. The smallest absolute Gasteiger partial charge is 0.194 e. The van der Waals surface area contributed by atoms with Gasteiger partial charge in [-0.3, -0.25) is 4.79 Å². The number of para-hydroxylation sites is 1. The Bertz CT molecular complexity index is 1570. The van der Waals surface area contributed by atoms with Gasteiger partial charge in [0.2, 0.25) is 0 Å². The molecule has 0 N–H and O–H groups in total. The summed E-state index contributed by atoms with van der Waals surface area (Å²) in [5.41, 5.74) is 8.29. The van der Waals surface area contributed by atoms with Crippen molar-refractivity contribution in [1.29, 1.82) is 0 Å². The van der Waals surface area contributed by atoms with Gasteiger partial charge in [0, 0.05) is 33.3 Å². The number of rotatable bonds is 3. The minimum absolute atomic E-state index is 0.0874. The van der Waals surface area contributed by atoms with Crippen LogP contribution in [0.25, 0.3) is 21.9 Å². The Labute approximate surface area is 206 Å². The number of fused-ring (bicyclic) bond motifs is 2. The maximum absolute atomic E-state index is 13.4. The number of ketones is 1. The van der Waals surface area contributed by atoms with E-state index >= 15 is 0 Å². The van der Waals surface area contributed by atoms with Crippen LogP contribution in [0.5, 0.6) is 0 Å². The predicted octanol–water partition coefficient (Wildman–Crippen LogP) is 8.82. The number of carbonyl (C=O) groups excluding carboxylic acids is 1. The number of hydrogen-bond acceptors (Lipinski definition) is 2. The van der Waals surface area contributed by atoms with Crippen LogP contribution in [-0.2, 0) is 5.41 Å². The molecule has 0 spiro atoms. The van der Waals surface area contributed by atoms with Crippen molar-refractivity contribution < 1.29 is 4.79 Å². The molecule has 2 heteroatoms. The van der Waals surface area contributed by atoms with Crippen LogP contribution in [0.3, 0.4) is 0 Å². The van der Waals surface area contributed by atoms with Crippen molar-refractivity contribution in [3.63, 3.8) is 0 Å². The monoisotopic (exact) mass is 453 g/mol. The molecule has 0 saturated carbocycles. The lowest BCUT2D eigenvalue weighted by molar-refractivity contribution is 0.104. The molecule has 35 heavy (non-hydrogen) atoms. The molecule has 0 amide bonds. The molecule has 5 aromatic carbocycles. The van der Waals surface area contributed by atoms with Gasteiger partial charge in [0.15, 0.2) is 5.78 Å². The van der Waals surface area contributed by atoms with Gasteiger partial charge in [0.05, 0.1) is 5.69 Å². The van der Waals surface area contributed by atoms with E-state index in [1.54, 1.807) is 0 Å². The minimum atomic E-state index is 0.0874. The molecule has 0 bridgehead atoms. The van der Waals surface area contributed by atoms with Crippen molar-refractivity contribution >= 4 is 33.6 Å². The standard InChI is InChI=1S/C33H27NO/c1-33(2,3)22-16-18-24(19-17-22)34(23-10-5-4-6-11-23)30-21-20-26-25-12-7-8-13-27(25)32(35)29-15-9-14-28(30)31(26)29/h4-21H,1-3H3. The Hall–Kier alpha value is -4.17. The molecule has 1 aliphatic carbocycles. The van der Waals surface area contributed by atoms with E-state index in [4.69, 9.17) is 0 Å². The first-order valence-electron chi connectivity index (χ1n) is 12.1. The van der Waals surface area contributed by atoms with E-state index in [0.29, 0.717) is 0 Å². The maximum Gasteiger partial charge on any atom is 0.194 e. The molecule has 0 fully saturated rings. The number of benzene rings is 5. The normalized spacial score (nSPS) is 12.5. The Morgan fingerprint density at radius 3 is 1.89 bits per heavy atom. The van der Waals surface area contributed by atoms with Crippen molar-refractivity contribution in [3.05, 3.63) is 126 Å². The van der Waals surface area contributed by atoms with Gasteiger partial charge in [-0.25, -0.2) is 0 Å². The first kappa shape index (κ1) is 21.4. The van der Waals surface area contributed by atoms with E-state index in [1.165, 1.54) is 5.56 Å². The number of anilines is 3. The van der Waals surface area contributed by atoms with Crippen LogP contribution in [-0.4, -0.2) is 5.78 Å². The molecule has 0 radical (unpaired) electrons. The zero-order chi connectivity index (χ0) is 24.2. The van der Waals surface area contributed by atoms with Crippen molar-refractivity contribution in [2.45, 2.75) is 26.2 Å². The number of hydrogen-bond donors (Lipinski definition) is 0. The van der Waals surface area contributed by atoms with Gasteiger partial charge in [0.25, 0.3) is 0 Å². The number of carbonyl (C=O) groups is 1. The SMILES string of the molecule is CC(C)(C)c1ccc(N(c2ccccc2)c2ccc3c4c(cccc24)C(=O)c2ccccc2-3)cc1. The van der Waals surface area contributed by atoms with Crippen molar-refractivity contribution in [3.8, 4) is 11.1 Å². The minimum Gasteiger partial charge on any atom is -0.310 e. The molecular weight excluding hydrogens is 426 g/mol. The van der Waals surface area contributed by atoms with Crippen LogP contribution < -0.4 is 4.90 Å². The fraction of sp³-hybridized carbons (Fsp3) is 0.121. The molecule has 5 aromatic rings. The summed E-state index contributed by atoms with van der Waals surface area (Å²) in [5, 5.41) is 2.10. The zero-order valence-corrected chi connectivity index (χ0v) is 20.2. The van der Waals surface area contributed by atoms with Gasteiger partial charge in [-0.1, -0.05) is 99.6 Å². The van der Waals surface area contributed by atoms with Gasteiger partial charge in [0.1, 0.15) is 0 Å². The highest BCUT2D eigenvalue weighted by molar-refractivity contribution is 6.27. The Kier molecular flexibility index (Phi) is 4.86. The molecule has 0 unspecified atom stereocenters. The average molecular weight is 454 g/mol. The second-order valence-electron chi connectivity index (χ2n) is 10.2. The molecule has 0 heterocycles. The summed E-state index contributed by atoms with van der Waals surface area (Å²) in [5.74, 6) is 0.0941. The first-order valence-corrected chi connectivity index (χ1v) is 12.1. The van der Waals surface area contributed by atoms with Gasteiger partial charge < -0.3 is 4.90 Å². The molecule has 0 atom stereocenters. The summed E-state index contributed by atoms with van der Waals surface area (Å²) in [6.45, 7) is 6.70. The molecule has 0 aromatic heterocycles. The summed E-state index contributed by atoms with van der Waals surface area (Å²) in [7, 11) is 0. The van der Waals surface area contributed by atoms with Gasteiger partial charge in [-0.15, -0.1) is 0 Å². The van der Waals surface area contributed by atoms with Gasteiger partial charge in [-0.2, -0.15) is 0 Å². The lowest BCUT2D eigenvalue weighted by Crippen LogP contribution is -2.14. The third kappa shape index (κ3) is 3.45. The molecule has 0 aliphatic heterocycles. The summed E-state index contributed by atoms with van der Waals surface area (Å²) >= 11 is 0. The fourth-order valence-electron chi connectivity index (χ4n) is 5.18. The maximum atomic E-state index is 13.4. The molecule has 6 rings (SSSR count). The van der Waals surface area contributed by atoms with Crippen molar-refractivity contribution in [2.24, 2.45) is 0 Å². The van der Waals surface area contributed by atoms with Crippen molar-refractivity contribution in [2.75, 3.05) is 4.90 Å².